The Morgan fingerprint density at radius 1 is 0.964 bits per heavy atom. The van der Waals surface area contributed by atoms with E-state index < -0.39 is 10.1 Å². The molecule has 0 spiro atoms. The van der Waals surface area contributed by atoms with E-state index in [0.29, 0.717) is 34.7 Å². The van der Waals surface area contributed by atoms with Crippen LogP contribution in [0.4, 0.5) is 0 Å². The van der Waals surface area contributed by atoms with Crippen molar-refractivity contribution in [3.8, 4) is 0 Å². The average molecular weight is 435 g/mol. The van der Waals surface area contributed by atoms with Gasteiger partial charge in [0, 0.05) is 10.5 Å². The molecule has 0 aliphatic carbocycles. The Kier molecular flexibility index (Phi) is 8.62. The summed E-state index contributed by atoms with van der Waals surface area (Å²) >= 11 is 2.14. The van der Waals surface area contributed by atoms with Crippen LogP contribution in [0, 0.1) is 34.0 Å². The fraction of sp³-hybridized carbons (Fsp3) is 1.00. The van der Waals surface area contributed by atoms with Crippen LogP contribution in [-0.4, -0.2) is 29.2 Å². The van der Waals surface area contributed by atoms with Gasteiger partial charge in [-0.2, -0.15) is 20.2 Å². The number of hydrogen-bond acceptors (Lipinski definition) is 3. The highest BCUT2D eigenvalue weighted by Gasteiger charge is 2.53. The van der Waals surface area contributed by atoms with Gasteiger partial charge in [-0.1, -0.05) is 82.1 Å². The van der Waals surface area contributed by atoms with Gasteiger partial charge >= 0.3 is 0 Å². The summed E-state index contributed by atoms with van der Waals surface area (Å²) in [5, 5.41) is 1.07. The standard InChI is InChI=1S/C23H46O3S2/c1-11-21(5,6)19-16(3)18(14-13-15-28(24,25)26)20(27-17(19)4)23(9,10)22(7,8)12-2/h16-20H,11-15H2,1-10H3,(H,24,25,26)/t16-,17?,18?,19?,20?/m1/s1. The van der Waals surface area contributed by atoms with Gasteiger partial charge in [-0.3, -0.25) is 4.55 Å². The molecule has 5 atom stereocenters. The second-order valence-corrected chi connectivity index (χ2v) is 14.1. The predicted molar refractivity (Wildman–Crippen MR) is 125 cm³/mol. The number of thioether (sulfide) groups is 1. The summed E-state index contributed by atoms with van der Waals surface area (Å²) in [7, 11) is -3.89. The molecule has 0 aromatic heterocycles. The summed E-state index contributed by atoms with van der Waals surface area (Å²) in [5.74, 6) is 1.47. The van der Waals surface area contributed by atoms with Crippen molar-refractivity contribution in [2.75, 3.05) is 5.75 Å². The molecule has 168 valence electrons. The Labute approximate surface area is 180 Å². The third-order valence-electron chi connectivity index (χ3n) is 8.59. The van der Waals surface area contributed by atoms with Crippen molar-refractivity contribution in [1.82, 2.24) is 0 Å². The molecule has 4 unspecified atom stereocenters. The van der Waals surface area contributed by atoms with Crippen LogP contribution in [0.3, 0.4) is 0 Å². The van der Waals surface area contributed by atoms with Crippen LogP contribution in [0.25, 0.3) is 0 Å². The Balaban J connectivity index is 3.29. The molecule has 1 fully saturated rings. The van der Waals surface area contributed by atoms with E-state index in [1.165, 1.54) is 0 Å². The minimum absolute atomic E-state index is 0.122. The van der Waals surface area contributed by atoms with Gasteiger partial charge in [0.15, 0.2) is 0 Å². The quantitative estimate of drug-likeness (QED) is 0.400. The van der Waals surface area contributed by atoms with Crippen LogP contribution in [0.15, 0.2) is 0 Å². The number of rotatable bonds is 9. The molecule has 0 aromatic rings. The Hall–Kier alpha value is 0.260. The molecule has 0 aromatic carbocycles. The van der Waals surface area contributed by atoms with Gasteiger partial charge in [-0.25, -0.2) is 0 Å². The maximum atomic E-state index is 11.3. The van der Waals surface area contributed by atoms with E-state index in [-0.39, 0.29) is 22.0 Å². The van der Waals surface area contributed by atoms with Gasteiger partial charge in [0.2, 0.25) is 0 Å². The summed E-state index contributed by atoms with van der Waals surface area (Å²) < 4.78 is 31.9. The molecule has 5 heteroatoms. The summed E-state index contributed by atoms with van der Waals surface area (Å²) in [6, 6.07) is 0. The molecule has 1 saturated heterocycles. The molecule has 1 heterocycles. The van der Waals surface area contributed by atoms with Crippen molar-refractivity contribution >= 4 is 21.9 Å². The first-order chi connectivity index (χ1) is 12.5. The monoisotopic (exact) mass is 434 g/mol. The predicted octanol–water partition coefficient (Wildman–Crippen LogP) is 6.93. The Morgan fingerprint density at radius 3 is 1.93 bits per heavy atom. The second-order valence-electron chi connectivity index (χ2n) is 11.0. The van der Waals surface area contributed by atoms with Crippen LogP contribution in [-0.2, 0) is 10.1 Å². The normalized spacial score (nSPS) is 30.5. The van der Waals surface area contributed by atoms with E-state index >= 15 is 0 Å². The zero-order chi connectivity index (χ0) is 22.1. The van der Waals surface area contributed by atoms with Gasteiger partial charge in [-0.15, -0.1) is 0 Å². The third-order valence-corrected chi connectivity index (χ3v) is 11.3. The van der Waals surface area contributed by atoms with Crippen molar-refractivity contribution in [1.29, 1.82) is 0 Å². The van der Waals surface area contributed by atoms with E-state index in [0.717, 1.165) is 19.3 Å². The Morgan fingerprint density at radius 2 is 1.50 bits per heavy atom. The number of hydrogen-bond donors (Lipinski definition) is 1. The molecule has 1 N–H and O–H groups in total. The lowest BCUT2D eigenvalue weighted by Crippen LogP contribution is -2.53. The average Bonchev–Trinajstić information content (AvgIpc) is 2.54. The molecule has 0 bridgehead atoms. The summed E-state index contributed by atoms with van der Waals surface area (Å²) in [5.41, 5.74) is 0.611. The SMILES string of the molecule is CCC(C)(C)C1C(C)SC(C(C)(C)C(C)(C)CC)C(CCCS(=O)(=O)O)[C@H]1C. The highest BCUT2D eigenvalue weighted by molar-refractivity contribution is 8.00. The second kappa shape index (κ2) is 9.18. The first-order valence-corrected chi connectivity index (χ1v) is 13.7. The molecule has 3 nitrogen and oxygen atoms in total. The molecular weight excluding hydrogens is 388 g/mol. The molecule has 1 aliphatic heterocycles. The lowest BCUT2D eigenvalue weighted by atomic mass is 9.57. The fourth-order valence-electron chi connectivity index (χ4n) is 5.43. The summed E-state index contributed by atoms with van der Waals surface area (Å²) in [4.78, 5) is 0. The van der Waals surface area contributed by atoms with Crippen molar-refractivity contribution in [3.05, 3.63) is 0 Å². The van der Waals surface area contributed by atoms with Crippen LogP contribution in [0.2, 0.25) is 0 Å². The lowest BCUT2D eigenvalue weighted by Gasteiger charge is -2.58. The molecule has 0 amide bonds. The van der Waals surface area contributed by atoms with Crippen molar-refractivity contribution in [2.24, 2.45) is 34.0 Å². The van der Waals surface area contributed by atoms with Gasteiger partial charge in [0.05, 0.1) is 5.75 Å². The topological polar surface area (TPSA) is 54.4 Å². The minimum Gasteiger partial charge on any atom is -0.286 e. The summed E-state index contributed by atoms with van der Waals surface area (Å²) in [6.07, 6.45) is 3.69. The van der Waals surface area contributed by atoms with Crippen LogP contribution >= 0.6 is 11.8 Å². The molecule has 28 heavy (non-hydrogen) atoms. The maximum absolute atomic E-state index is 11.3. The van der Waals surface area contributed by atoms with Gasteiger partial charge in [-0.05, 0) is 46.8 Å². The van der Waals surface area contributed by atoms with Gasteiger partial charge in [0.1, 0.15) is 0 Å². The highest BCUT2D eigenvalue weighted by Crippen LogP contribution is 2.60. The molecule has 0 saturated carbocycles. The van der Waals surface area contributed by atoms with E-state index in [1.807, 2.05) is 0 Å². The molecular formula is C23H46O3S2. The van der Waals surface area contributed by atoms with E-state index in [1.54, 1.807) is 0 Å². The zero-order valence-corrected chi connectivity index (χ0v) is 21.6. The first kappa shape index (κ1) is 26.3. The third kappa shape index (κ3) is 5.69. The van der Waals surface area contributed by atoms with Crippen molar-refractivity contribution < 1.29 is 13.0 Å². The van der Waals surface area contributed by atoms with E-state index in [4.69, 9.17) is 0 Å². The van der Waals surface area contributed by atoms with Crippen molar-refractivity contribution in [3.63, 3.8) is 0 Å². The molecule has 1 rings (SSSR count). The molecule has 0 radical (unpaired) electrons. The smallest absolute Gasteiger partial charge is 0.264 e. The Bertz CT molecular complexity index is 607. The maximum Gasteiger partial charge on any atom is 0.264 e. The van der Waals surface area contributed by atoms with E-state index in [9.17, 15) is 13.0 Å². The van der Waals surface area contributed by atoms with Gasteiger partial charge < -0.3 is 0 Å². The molecule has 1 aliphatic rings. The van der Waals surface area contributed by atoms with E-state index in [2.05, 4.69) is 81.0 Å². The van der Waals surface area contributed by atoms with Gasteiger partial charge in [0.25, 0.3) is 10.1 Å². The largest absolute Gasteiger partial charge is 0.286 e. The summed E-state index contributed by atoms with van der Waals surface area (Å²) in [6.45, 7) is 23.7. The lowest BCUT2D eigenvalue weighted by molar-refractivity contribution is 0.0253. The first-order valence-electron chi connectivity index (χ1n) is 11.1. The van der Waals surface area contributed by atoms with Crippen LogP contribution in [0.5, 0.6) is 0 Å². The fourth-order valence-corrected chi connectivity index (χ4v) is 8.46. The van der Waals surface area contributed by atoms with Crippen LogP contribution in [0.1, 0.15) is 94.9 Å². The van der Waals surface area contributed by atoms with Crippen molar-refractivity contribution in [2.45, 2.75) is 105 Å². The minimum atomic E-state index is -3.89. The van der Waals surface area contributed by atoms with Crippen LogP contribution < -0.4 is 0 Å². The zero-order valence-electron chi connectivity index (χ0n) is 20.0. The highest BCUT2D eigenvalue weighted by atomic mass is 32.2.